The number of hydrogen-bond acceptors (Lipinski definition) is 5. The third-order valence-corrected chi connectivity index (χ3v) is 5.54. The summed E-state index contributed by atoms with van der Waals surface area (Å²) in [7, 11) is 3.75. The smallest absolute Gasteiger partial charge is 0.231 e. The molecule has 1 aliphatic carbocycles. The van der Waals surface area contributed by atoms with Gasteiger partial charge >= 0.3 is 0 Å². The van der Waals surface area contributed by atoms with Crippen molar-refractivity contribution in [1.82, 2.24) is 4.90 Å². The third-order valence-electron chi connectivity index (χ3n) is 5.54. The molecule has 0 unspecified atom stereocenters. The van der Waals surface area contributed by atoms with Crippen LogP contribution >= 0.6 is 0 Å². The van der Waals surface area contributed by atoms with E-state index >= 15 is 0 Å². The summed E-state index contributed by atoms with van der Waals surface area (Å²) in [5.41, 5.74) is 5.00. The lowest BCUT2D eigenvalue weighted by Crippen LogP contribution is -2.33. The van der Waals surface area contributed by atoms with Crippen LogP contribution in [-0.4, -0.2) is 37.5 Å². The number of benzene rings is 2. The van der Waals surface area contributed by atoms with Gasteiger partial charge in [-0.1, -0.05) is 0 Å². The highest BCUT2D eigenvalue weighted by atomic mass is 16.7. The van der Waals surface area contributed by atoms with E-state index in [2.05, 4.69) is 24.1 Å². The Labute approximate surface area is 140 Å². The Kier molecular flexibility index (Phi) is 2.80. The summed E-state index contributed by atoms with van der Waals surface area (Å²) in [6.07, 6.45) is 0.917. The number of likely N-dealkylation sites (N-methyl/N-ethyl adjacent to an activating group) is 1. The van der Waals surface area contributed by atoms with Gasteiger partial charge in [0, 0.05) is 18.5 Å². The zero-order chi connectivity index (χ0) is 16.4. The van der Waals surface area contributed by atoms with E-state index in [9.17, 15) is 5.11 Å². The van der Waals surface area contributed by atoms with E-state index in [-0.39, 0.29) is 17.7 Å². The zero-order valence-corrected chi connectivity index (χ0v) is 13.7. The van der Waals surface area contributed by atoms with Crippen LogP contribution in [0.4, 0.5) is 0 Å². The fraction of sp³-hybridized carbons (Fsp3) is 0.368. The van der Waals surface area contributed by atoms with Crippen LogP contribution in [0.5, 0.6) is 23.0 Å². The molecule has 4 aliphatic rings. The molecule has 0 saturated heterocycles. The highest BCUT2D eigenvalue weighted by Crippen LogP contribution is 2.50. The molecule has 3 aliphatic heterocycles. The highest BCUT2D eigenvalue weighted by molar-refractivity contribution is 5.59. The van der Waals surface area contributed by atoms with Crippen LogP contribution in [0.1, 0.15) is 34.2 Å². The molecular weight excluding hydrogens is 306 g/mol. The van der Waals surface area contributed by atoms with Crippen molar-refractivity contribution in [2.45, 2.75) is 18.4 Å². The fourth-order valence-corrected chi connectivity index (χ4v) is 4.35. The van der Waals surface area contributed by atoms with E-state index in [1.165, 1.54) is 22.3 Å². The number of nitrogens with zero attached hydrogens (tertiary/aromatic N) is 1. The van der Waals surface area contributed by atoms with Crippen molar-refractivity contribution < 1.29 is 19.3 Å². The molecule has 2 aromatic carbocycles. The first-order valence-electron chi connectivity index (χ1n) is 8.19. The summed E-state index contributed by atoms with van der Waals surface area (Å²) < 4.78 is 16.5. The Morgan fingerprint density at radius 1 is 1.08 bits per heavy atom. The molecule has 0 fully saturated rings. The minimum absolute atomic E-state index is 0.203. The number of phenolic OH excluding ortho intramolecular Hbond substituents is 1. The molecule has 2 bridgehead atoms. The van der Waals surface area contributed by atoms with E-state index in [0.29, 0.717) is 12.5 Å². The number of phenols is 1. The molecule has 5 nitrogen and oxygen atoms in total. The first-order chi connectivity index (χ1) is 11.7. The number of aromatic hydroxyl groups is 1. The molecule has 2 aromatic rings. The summed E-state index contributed by atoms with van der Waals surface area (Å²) in [4.78, 5) is 2.39. The average Bonchev–Trinajstić information content (AvgIpc) is 2.93. The molecule has 124 valence electrons. The molecule has 0 amide bonds. The Balaban J connectivity index is 1.74. The summed E-state index contributed by atoms with van der Waals surface area (Å²) in [6.45, 7) is 1.22. The fourth-order valence-electron chi connectivity index (χ4n) is 4.35. The van der Waals surface area contributed by atoms with Crippen molar-refractivity contribution in [3.05, 3.63) is 46.5 Å². The average molecular weight is 325 g/mol. The van der Waals surface area contributed by atoms with Gasteiger partial charge in [-0.2, -0.15) is 0 Å². The SMILES string of the molecule is COc1cc2c(cc1O)[C@H]1CN(C)[C@H]2Cc2cc3c(cc21)OCO3. The van der Waals surface area contributed by atoms with Crippen molar-refractivity contribution in [2.75, 3.05) is 27.5 Å². The normalized spacial score (nSPS) is 23.6. The van der Waals surface area contributed by atoms with Gasteiger partial charge in [-0.05, 0) is 60.0 Å². The van der Waals surface area contributed by atoms with Gasteiger partial charge in [0.05, 0.1) is 7.11 Å². The van der Waals surface area contributed by atoms with Gasteiger partial charge in [-0.3, -0.25) is 4.90 Å². The van der Waals surface area contributed by atoms with Gasteiger partial charge in [0.15, 0.2) is 23.0 Å². The Hall–Kier alpha value is -2.40. The molecule has 0 saturated carbocycles. The molecule has 1 N–H and O–H groups in total. The number of rotatable bonds is 1. The maximum Gasteiger partial charge on any atom is 0.231 e. The van der Waals surface area contributed by atoms with Gasteiger partial charge in [-0.15, -0.1) is 0 Å². The lowest BCUT2D eigenvalue weighted by Gasteiger charge is -2.36. The Morgan fingerprint density at radius 2 is 1.88 bits per heavy atom. The van der Waals surface area contributed by atoms with Crippen LogP contribution in [0.25, 0.3) is 0 Å². The number of ether oxygens (including phenoxy) is 3. The minimum Gasteiger partial charge on any atom is -0.504 e. The molecule has 3 heterocycles. The van der Waals surface area contributed by atoms with Crippen molar-refractivity contribution in [3.8, 4) is 23.0 Å². The number of methoxy groups -OCH3 is 1. The molecule has 5 heteroatoms. The van der Waals surface area contributed by atoms with Crippen LogP contribution in [0, 0.1) is 0 Å². The second kappa shape index (κ2) is 4.80. The third kappa shape index (κ3) is 1.79. The summed E-state index contributed by atoms with van der Waals surface area (Å²) in [6, 6.07) is 8.38. The van der Waals surface area contributed by atoms with E-state index in [4.69, 9.17) is 14.2 Å². The van der Waals surface area contributed by atoms with E-state index < -0.39 is 0 Å². The van der Waals surface area contributed by atoms with Crippen LogP contribution < -0.4 is 14.2 Å². The second-order valence-corrected chi connectivity index (χ2v) is 6.77. The molecule has 6 rings (SSSR count). The molecular formula is C19H19NO4. The van der Waals surface area contributed by atoms with Gasteiger partial charge in [0.2, 0.25) is 6.79 Å². The maximum absolute atomic E-state index is 10.3. The molecule has 24 heavy (non-hydrogen) atoms. The molecule has 2 atom stereocenters. The first-order valence-corrected chi connectivity index (χ1v) is 8.19. The maximum atomic E-state index is 10.3. The van der Waals surface area contributed by atoms with E-state index in [1.54, 1.807) is 7.11 Å². The van der Waals surface area contributed by atoms with Crippen LogP contribution in [0.3, 0.4) is 0 Å². The van der Waals surface area contributed by atoms with E-state index in [0.717, 1.165) is 24.5 Å². The number of hydrogen-bond donors (Lipinski definition) is 1. The Bertz CT molecular complexity index is 848. The van der Waals surface area contributed by atoms with E-state index in [1.807, 2.05) is 12.1 Å². The lowest BCUT2D eigenvalue weighted by atomic mass is 9.84. The summed E-state index contributed by atoms with van der Waals surface area (Å²) in [5, 5.41) is 10.3. The van der Waals surface area contributed by atoms with Gasteiger partial charge in [-0.25, -0.2) is 0 Å². The van der Waals surface area contributed by atoms with Crippen LogP contribution in [-0.2, 0) is 6.42 Å². The van der Waals surface area contributed by atoms with Crippen LogP contribution in [0.15, 0.2) is 24.3 Å². The highest BCUT2D eigenvalue weighted by Gasteiger charge is 2.39. The quantitative estimate of drug-likeness (QED) is 0.874. The summed E-state index contributed by atoms with van der Waals surface area (Å²) in [5.74, 6) is 2.61. The predicted molar refractivity (Wildman–Crippen MR) is 88.1 cm³/mol. The topological polar surface area (TPSA) is 51.2 Å². The van der Waals surface area contributed by atoms with Gasteiger partial charge in [0.1, 0.15) is 0 Å². The Morgan fingerprint density at radius 3 is 2.67 bits per heavy atom. The van der Waals surface area contributed by atoms with Crippen LogP contribution in [0.2, 0.25) is 0 Å². The number of fused-ring (bicyclic) bond motifs is 2. The van der Waals surface area contributed by atoms with Gasteiger partial charge in [0.25, 0.3) is 0 Å². The first kappa shape index (κ1) is 14.0. The molecule has 0 radical (unpaired) electrons. The molecule has 0 spiro atoms. The second-order valence-electron chi connectivity index (χ2n) is 6.77. The van der Waals surface area contributed by atoms with Gasteiger partial charge < -0.3 is 19.3 Å². The van der Waals surface area contributed by atoms with Crippen molar-refractivity contribution in [3.63, 3.8) is 0 Å². The monoisotopic (exact) mass is 325 g/mol. The standard InChI is InChI=1S/C19H19NO4/c1-20-8-14-11-6-19-18(23-9-24-19)4-10(11)3-15(20)13-7-17(22-2)16(21)5-12(13)14/h4-7,14-15,21H,3,8-9H2,1-2H3/t14-,15-/m0/s1. The minimum atomic E-state index is 0.203. The van der Waals surface area contributed by atoms with Crippen molar-refractivity contribution in [2.24, 2.45) is 0 Å². The lowest BCUT2D eigenvalue weighted by molar-refractivity contribution is 0.173. The van der Waals surface area contributed by atoms with Crippen molar-refractivity contribution in [1.29, 1.82) is 0 Å². The summed E-state index contributed by atoms with van der Waals surface area (Å²) >= 11 is 0. The molecule has 0 aromatic heterocycles. The van der Waals surface area contributed by atoms with Crippen molar-refractivity contribution >= 4 is 0 Å². The zero-order valence-electron chi connectivity index (χ0n) is 13.7. The largest absolute Gasteiger partial charge is 0.504 e. The predicted octanol–water partition coefficient (Wildman–Crippen LogP) is 2.80.